The molecule has 3 rings (SSSR count). The van der Waals surface area contributed by atoms with Crippen LogP contribution in [0.25, 0.3) is 6.08 Å². The number of fused-ring (bicyclic) bond motifs is 1. The van der Waals surface area contributed by atoms with E-state index in [-0.39, 0.29) is 5.82 Å². The summed E-state index contributed by atoms with van der Waals surface area (Å²) in [6.07, 6.45) is 15.7. The van der Waals surface area contributed by atoms with Crippen LogP contribution in [0.5, 0.6) is 0 Å². The lowest BCUT2D eigenvalue weighted by Gasteiger charge is -2.29. The Morgan fingerprint density at radius 2 is 1.73 bits per heavy atom. The highest BCUT2D eigenvalue weighted by atomic mass is 19.1. The summed E-state index contributed by atoms with van der Waals surface area (Å²) in [5, 5.41) is 0. The summed E-state index contributed by atoms with van der Waals surface area (Å²) >= 11 is 0. The minimum absolute atomic E-state index is 0.0977. The molecule has 1 fully saturated rings. The summed E-state index contributed by atoms with van der Waals surface area (Å²) < 4.78 is 13.2. The van der Waals surface area contributed by atoms with E-state index in [0.29, 0.717) is 0 Å². The Morgan fingerprint density at radius 1 is 1.00 bits per heavy atom. The fraction of sp³-hybridized carbons (Fsp3) is 0.619. The van der Waals surface area contributed by atoms with E-state index in [1.54, 1.807) is 17.7 Å². The molecule has 0 aromatic heterocycles. The van der Waals surface area contributed by atoms with Gasteiger partial charge in [-0.1, -0.05) is 63.2 Å². The first kappa shape index (κ1) is 15.8. The zero-order valence-corrected chi connectivity index (χ0v) is 13.9. The molecule has 1 aromatic carbocycles. The number of aryl methyl sites for hydroxylation is 1. The van der Waals surface area contributed by atoms with Gasteiger partial charge in [-0.2, -0.15) is 0 Å². The van der Waals surface area contributed by atoms with Gasteiger partial charge in [-0.05, 0) is 60.8 Å². The third-order valence-electron chi connectivity index (χ3n) is 5.72. The quantitative estimate of drug-likeness (QED) is 0.579. The molecule has 2 aliphatic rings. The van der Waals surface area contributed by atoms with E-state index in [0.717, 1.165) is 24.7 Å². The molecule has 0 bridgehead atoms. The number of hydrogen-bond acceptors (Lipinski definition) is 0. The van der Waals surface area contributed by atoms with Crippen molar-refractivity contribution in [1.29, 1.82) is 0 Å². The zero-order valence-electron chi connectivity index (χ0n) is 13.9. The second kappa shape index (κ2) is 7.44. The molecule has 0 aliphatic heterocycles. The smallest absolute Gasteiger partial charge is 0.123 e. The van der Waals surface area contributed by atoms with Gasteiger partial charge in [0.15, 0.2) is 0 Å². The van der Waals surface area contributed by atoms with Crippen molar-refractivity contribution in [2.24, 2.45) is 11.8 Å². The highest BCUT2D eigenvalue weighted by Crippen LogP contribution is 2.35. The number of hydrogen-bond donors (Lipinski definition) is 0. The Bertz CT molecular complexity index is 521. The predicted octanol–water partition coefficient (Wildman–Crippen LogP) is 6.54. The van der Waals surface area contributed by atoms with E-state index < -0.39 is 0 Å². The molecular weight excluding hydrogens is 271 g/mol. The van der Waals surface area contributed by atoms with Crippen molar-refractivity contribution >= 4 is 6.08 Å². The van der Waals surface area contributed by atoms with Crippen molar-refractivity contribution < 1.29 is 4.39 Å². The maximum Gasteiger partial charge on any atom is 0.123 e. The van der Waals surface area contributed by atoms with Crippen LogP contribution in [0.15, 0.2) is 23.8 Å². The fourth-order valence-electron chi connectivity index (χ4n) is 4.32. The monoisotopic (exact) mass is 300 g/mol. The first-order valence-electron chi connectivity index (χ1n) is 9.22. The Balaban J connectivity index is 1.49. The van der Waals surface area contributed by atoms with Crippen molar-refractivity contribution in [3.8, 4) is 0 Å². The summed E-state index contributed by atoms with van der Waals surface area (Å²) in [4.78, 5) is 0. The molecule has 1 aromatic rings. The average Bonchev–Trinajstić information content (AvgIpc) is 2.54. The van der Waals surface area contributed by atoms with Crippen molar-refractivity contribution in [3.63, 3.8) is 0 Å². The van der Waals surface area contributed by atoms with Crippen molar-refractivity contribution in [1.82, 2.24) is 0 Å². The van der Waals surface area contributed by atoms with Crippen LogP contribution in [0, 0.1) is 17.7 Å². The zero-order chi connectivity index (χ0) is 15.4. The van der Waals surface area contributed by atoms with Crippen LogP contribution in [0.4, 0.5) is 4.39 Å². The van der Waals surface area contributed by atoms with E-state index in [9.17, 15) is 4.39 Å². The molecule has 0 nitrogen and oxygen atoms in total. The molecule has 1 heteroatoms. The van der Waals surface area contributed by atoms with Crippen LogP contribution < -0.4 is 0 Å². The van der Waals surface area contributed by atoms with Gasteiger partial charge in [0.25, 0.3) is 0 Å². The van der Waals surface area contributed by atoms with Crippen LogP contribution in [0.2, 0.25) is 0 Å². The lowest BCUT2D eigenvalue weighted by Crippen LogP contribution is -2.14. The first-order chi connectivity index (χ1) is 10.7. The van der Waals surface area contributed by atoms with E-state index in [4.69, 9.17) is 0 Å². The second-order valence-corrected chi connectivity index (χ2v) is 7.36. The van der Waals surface area contributed by atoms with E-state index in [2.05, 4.69) is 13.0 Å². The van der Waals surface area contributed by atoms with Gasteiger partial charge >= 0.3 is 0 Å². The molecule has 0 saturated heterocycles. The average molecular weight is 300 g/mol. The SMILES string of the molecule is CCCC1CCC(CCC2=Cc3ccc(F)cc3CC2)CC1. The van der Waals surface area contributed by atoms with Gasteiger partial charge in [0.1, 0.15) is 5.82 Å². The summed E-state index contributed by atoms with van der Waals surface area (Å²) in [6, 6.07) is 5.24. The maximum absolute atomic E-state index is 13.2. The number of allylic oxidation sites excluding steroid dienone is 1. The number of halogens is 1. The predicted molar refractivity (Wildman–Crippen MR) is 92.3 cm³/mol. The summed E-state index contributed by atoms with van der Waals surface area (Å²) in [6.45, 7) is 2.31. The molecule has 0 N–H and O–H groups in total. The van der Waals surface area contributed by atoms with Crippen molar-refractivity contribution in [2.75, 3.05) is 0 Å². The third kappa shape index (κ3) is 4.00. The van der Waals surface area contributed by atoms with Crippen LogP contribution in [-0.2, 0) is 6.42 Å². The topological polar surface area (TPSA) is 0 Å². The van der Waals surface area contributed by atoms with Gasteiger partial charge in [0.2, 0.25) is 0 Å². The van der Waals surface area contributed by atoms with E-state index >= 15 is 0 Å². The van der Waals surface area contributed by atoms with Gasteiger partial charge in [0.05, 0.1) is 0 Å². The van der Waals surface area contributed by atoms with Crippen LogP contribution in [-0.4, -0.2) is 0 Å². The highest BCUT2D eigenvalue weighted by Gasteiger charge is 2.21. The van der Waals surface area contributed by atoms with Crippen LogP contribution >= 0.6 is 0 Å². The molecule has 22 heavy (non-hydrogen) atoms. The molecule has 0 heterocycles. The molecule has 0 spiro atoms. The molecule has 120 valence electrons. The lowest BCUT2D eigenvalue weighted by atomic mass is 9.77. The van der Waals surface area contributed by atoms with Gasteiger partial charge in [0, 0.05) is 0 Å². The van der Waals surface area contributed by atoms with E-state index in [1.807, 2.05) is 6.07 Å². The lowest BCUT2D eigenvalue weighted by molar-refractivity contribution is 0.252. The highest BCUT2D eigenvalue weighted by molar-refractivity contribution is 5.59. The summed E-state index contributed by atoms with van der Waals surface area (Å²) in [7, 11) is 0. The van der Waals surface area contributed by atoms with Gasteiger partial charge < -0.3 is 0 Å². The Morgan fingerprint density at radius 3 is 2.45 bits per heavy atom. The second-order valence-electron chi connectivity index (χ2n) is 7.36. The Kier molecular flexibility index (Phi) is 5.33. The third-order valence-corrected chi connectivity index (χ3v) is 5.72. The molecule has 0 unspecified atom stereocenters. The van der Waals surface area contributed by atoms with Crippen LogP contribution in [0.3, 0.4) is 0 Å². The number of rotatable bonds is 5. The summed E-state index contributed by atoms with van der Waals surface area (Å²) in [5.41, 5.74) is 4.01. The largest absolute Gasteiger partial charge is 0.207 e. The standard InChI is InChI=1S/C21H29F/c1-2-3-16-4-6-17(7-5-16)8-9-18-10-11-20-15-21(22)13-12-19(20)14-18/h12-17H,2-11H2,1H3. The van der Waals surface area contributed by atoms with Gasteiger partial charge in [-0.3, -0.25) is 0 Å². The van der Waals surface area contributed by atoms with Gasteiger partial charge in [-0.25, -0.2) is 4.39 Å². The number of benzene rings is 1. The summed E-state index contributed by atoms with van der Waals surface area (Å²) in [5.74, 6) is 1.86. The minimum atomic E-state index is -0.0977. The Labute approximate surface area is 134 Å². The molecular formula is C21H29F. The minimum Gasteiger partial charge on any atom is -0.207 e. The van der Waals surface area contributed by atoms with Crippen molar-refractivity contribution in [3.05, 3.63) is 40.7 Å². The van der Waals surface area contributed by atoms with Gasteiger partial charge in [-0.15, -0.1) is 0 Å². The van der Waals surface area contributed by atoms with E-state index in [1.165, 1.54) is 62.5 Å². The Hall–Kier alpha value is -1.11. The molecule has 2 aliphatic carbocycles. The fourth-order valence-corrected chi connectivity index (χ4v) is 4.32. The maximum atomic E-state index is 13.2. The molecule has 1 saturated carbocycles. The first-order valence-corrected chi connectivity index (χ1v) is 9.22. The van der Waals surface area contributed by atoms with Crippen molar-refractivity contribution in [2.45, 2.75) is 71.1 Å². The van der Waals surface area contributed by atoms with Crippen LogP contribution in [0.1, 0.15) is 75.8 Å². The molecule has 0 radical (unpaired) electrons. The normalized spacial score (nSPS) is 24.7. The molecule has 0 atom stereocenters. The molecule has 0 amide bonds.